The molecule has 72 valence electrons. The minimum atomic E-state index is -0.136. The molecule has 0 spiro atoms. The molecule has 0 saturated carbocycles. The van der Waals surface area contributed by atoms with E-state index in [0.29, 0.717) is 5.58 Å². The highest BCUT2D eigenvalue weighted by atomic mass is 16.4. The Morgan fingerprint density at radius 2 is 2.29 bits per heavy atom. The molecule has 3 heteroatoms. The van der Waals surface area contributed by atoms with Crippen LogP contribution < -0.4 is 0 Å². The minimum absolute atomic E-state index is 0.136. The van der Waals surface area contributed by atoms with E-state index in [1.165, 1.54) is 6.92 Å². The van der Waals surface area contributed by atoms with E-state index >= 15 is 0 Å². The van der Waals surface area contributed by atoms with Crippen molar-refractivity contribution in [3.8, 4) is 0 Å². The first kappa shape index (κ1) is 8.94. The van der Waals surface area contributed by atoms with Crippen LogP contribution in [0.5, 0.6) is 0 Å². The Morgan fingerprint density at radius 3 is 2.93 bits per heavy atom. The fraction of sp³-hybridized carbons (Fsp3) is 0.273. The summed E-state index contributed by atoms with van der Waals surface area (Å²) in [5.74, 6) is 0.0594. The van der Waals surface area contributed by atoms with E-state index < -0.39 is 0 Å². The molecular weight excluding hydrogens is 178 g/mol. The van der Waals surface area contributed by atoms with Crippen molar-refractivity contribution in [2.45, 2.75) is 20.3 Å². The first-order valence-electron chi connectivity index (χ1n) is 4.61. The number of nitrogens with zero attached hydrogens (tertiary/aromatic N) is 1. The molecule has 1 heterocycles. The van der Waals surface area contributed by atoms with Crippen LogP contribution in [0.1, 0.15) is 30.1 Å². The van der Waals surface area contributed by atoms with Crippen LogP contribution in [0.3, 0.4) is 0 Å². The maximum atomic E-state index is 11.1. The Morgan fingerprint density at radius 1 is 1.50 bits per heavy atom. The summed E-state index contributed by atoms with van der Waals surface area (Å²) in [6.07, 6.45) is 0.890. The van der Waals surface area contributed by atoms with Crippen LogP contribution >= 0.6 is 0 Å². The topological polar surface area (TPSA) is 43.1 Å². The average Bonchev–Trinajstić information content (AvgIpc) is 2.60. The van der Waals surface area contributed by atoms with Crippen LogP contribution in [0.2, 0.25) is 0 Å². The first-order chi connectivity index (χ1) is 6.72. The summed E-state index contributed by atoms with van der Waals surface area (Å²) in [6.45, 7) is 3.51. The molecule has 0 aliphatic rings. The second-order valence-corrected chi connectivity index (χ2v) is 3.19. The Bertz CT molecular complexity index is 485. The molecule has 0 N–H and O–H groups in total. The molecule has 0 amide bonds. The van der Waals surface area contributed by atoms with E-state index in [1.54, 1.807) is 0 Å². The lowest BCUT2D eigenvalue weighted by atomic mass is 10.1. The zero-order chi connectivity index (χ0) is 10.1. The zero-order valence-electron chi connectivity index (χ0n) is 8.20. The number of benzene rings is 1. The van der Waals surface area contributed by atoms with E-state index in [9.17, 15) is 4.79 Å². The van der Waals surface area contributed by atoms with Crippen LogP contribution in [0, 0.1) is 0 Å². The lowest BCUT2D eigenvalue weighted by Crippen LogP contribution is -1.90. The second-order valence-electron chi connectivity index (χ2n) is 3.19. The highest BCUT2D eigenvalue weighted by molar-refractivity contribution is 5.92. The van der Waals surface area contributed by atoms with Crippen LogP contribution in [0.15, 0.2) is 22.6 Å². The first-order valence-corrected chi connectivity index (χ1v) is 4.61. The van der Waals surface area contributed by atoms with E-state index in [1.807, 2.05) is 18.2 Å². The molecule has 1 aromatic heterocycles. The summed E-state index contributed by atoms with van der Waals surface area (Å²) in [5, 5.41) is 0. The summed E-state index contributed by atoms with van der Waals surface area (Å²) in [5.41, 5.74) is 2.61. The molecule has 1 aromatic carbocycles. The number of carbonyl (C=O) groups excluding carboxylic acids is 1. The van der Waals surface area contributed by atoms with Gasteiger partial charge in [-0.05, 0) is 18.1 Å². The molecule has 2 aromatic rings. The third kappa shape index (κ3) is 1.31. The van der Waals surface area contributed by atoms with Crippen molar-refractivity contribution < 1.29 is 9.21 Å². The summed E-state index contributed by atoms with van der Waals surface area (Å²) in [4.78, 5) is 15.2. The summed E-state index contributed by atoms with van der Waals surface area (Å²) < 4.78 is 5.31. The van der Waals surface area contributed by atoms with E-state index in [-0.39, 0.29) is 11.7 Å². The van der Waals surface area contributed by atoms with Gasteiger partial charge in [0.2, 0.25) is 5.78 Å². The van der Waals surface area contributed by atoms with Gasteiger partial charge in [0.05, 0.1) is 0 Å². The summed E-state index contributed by atoms with van der Waals surface area (Å²) >= 11 is 0. The van der Waals surface area contributed by atoms with Crippen LogP contribution in [0.4, 0.5) is 0 Å². The van der Waals surface area contributed by atoms with Gasteiger partial charge in [0, 0.05) is 6.92 Å². The van der Waals surface area contributed by atoms with Gasteiger partial charge in [0.1, 0.15) is 5.52 Å². The molecule has 0 radical (unpaired) electrons. The SMILES string of the molecule is CCc1cccc2oc(C(C)=O)nc12. The smallest absolute Gasteiger partial charge is 0.263 e. The van der Waals surface area contributed by atoms with Crippen LogP contribution in [0.25, 0.3) is 11.1 Å². The van der Waals surface area contributed by atoms with Gasteiger partial charge in [0.15, 0.2) is 5.58 Å². The summed E-state index contributed by atoms with van der Waals surface area (Å²) in [7, 11) is 0. The third-order valence-corrected chi connectivity index (χ3v) is 2.18. The highest BCUT2D eigenvalue weighted by Crippen LogP contribution is 2.20. The van der Waals surface area contributed by atoms with Crippen molar-refractivity contribution in [2.75, 3.05) is 0 Å². The molecule has 0 atom stereocenters. The van der Waals surface area contributed by atoms with Gasteiger partial charge in [-0.25, -0.2) is 4.98 Å². The quantitative estimate of drug-likeness (QED) is 0.682. The monoisotopic (exact) mass is 189 g/mol. The molecule has 0 aliphatic heterocycles. The lowest BCUT2D eigenvalue weighted by molar-refractivity contribution is 0.0983. The number of aromatic nitrogens is 1. The number of hydrogen-bond acceptors (Lipinski definition) is 3. The number of aryl methyl sites for hydroxylation is 1. The molecule has 2 rings (SSSR count). The molecule has 0 saturated heterocycles. The lowest BCUT2D eigenvalue weighted by Gasteiger charge is -1.93. The van der Waals surface area contributed by atoms with Crippen molar-refractivity contribution in [3.63, 3.8) is 0 Å². The standard InChI is InChI=1S/C11H11NO2/c1-3-8-5-4-6-9-10(8)12-11(14-9)7(2)13/h4-6H,3H2,1-2H3. The van der Waals surface area contributed by atoms with Crippen molar-refractivity contribution in [1.29, 1.82) is 0 Å². The Kier molecular flexibility index (Phi) is 2.08. The van der Waals surface area contributed by atoms with Crippen molar-refractivity contribution in [3.05, 3.63) is 29.7 Å². The number of hydrogen-bond donors (Lipinski definition) is 0. The summed E-state index contributed by atoms with van der Waals surface area (Å²) in [6, 6.07) is 5.74. The number of rotatable bonds is 2. The predicted octanol–water partition coefficient (Wildman–Crippen LogP) is 2.59. The Hall–Kier alpha value is -1.64. The number of para-hydroxylation sites is 1. The largest absolute Gasteiger partial charge is 0.434 e. The fourth-order valence-corrected chi connectivity index (χ4v) is 1.44. The van der Waals surface area contributed by atoms with Gasteiger partial charge in [-0.15, -0.1) is 0 Å². The number of fused-ring (bicyclic) bond motifs is 1. The van der Waals surface area contributed by atoms with Gasteiger partial charge >= 0.3 is 0 Å². The molecule has 0 aliphatic carbocycles. The Labute approximate surface area is 81.7 Å². The van der Waals surface area contributed by atoms with Gasteiger partial charge < -0.3 is 4.42 Å². The average molecular weight is 189 g/mol. The van der Waals surface area contributed by atoms with Gasteiger partial charge in [-0.3, -0.25) is 4.79 Å². The fourth-order valence-electron chi connectivity index (χ4n) is 1.44. The number of ketones is 1. The molecule has 0 bridgehead atoms. The molecule has 0 fully saturated rings. The van der Waals surface area contributed by atoms with Crippen molar-refractivity contribution in [2.24, 2.45) is 0 Å². The maximum absolute atomic E-state index is 11.1. The number of oxazole rings is 1. The van der Waals surface area contributed by atoms with E-state index in [2.05, 4.69) is 11.9 Å². The molecule has 0 unspecified atom stereocenters. The van der Waals surface area contributed by atoms with Crippen LogP contribution in [-0.2, 0) is 6.42 Å². The highest BCUT2D eigenvalue weighted by Gasteiger charge is 2.11. The molecular formula is C11H11NO2. The van der Waals surface area contributed by atoms with E-state index in [0.717, 1.165) is 17.5 Å². The normalized spacial score (nSPS) is 10.7. The van der Waals surface area contributed by atoms with Gasteiger partial charge in [0.25, 0.3) is 5.89 Å². The zero-order valence-corrected chi connectivity index (χ0v) is 8.20. The minimum Gasteiger partial charge on any atom is -0.434 e. The van der Waals surface area contributed by atoms with Crippen LogP contribution in [-0.4, -0.2) is 10.8 Å². The predicted molar refractivity (Wildman–Crippen MR) is 53.4 cm³/mol. The second kappa shape index (κ2) is 3.25. The number of carbonyl (C=O) groups is 1. The Balaban J connectivity index is 2.70. The maximum Gasteiger partial charge on any atom is 0.263 e. The van der Waals surface area contributed by atoms with Crippen molar-refractivity contribution >= 4 is 16.9 Å². The van der Waals surface area contributed by atoms with E-state index in [4.69, 9.17) is 4.42 Å². The molecule has 14 heavy (non-hydrogen) atoms. The van der Waals surface area contributed by atoms with Gasteiger partial charge in [-0.1, -0.05) is 19.1 Å². The van der Waals surface area contributed by atoms with Gasteiger partial charge in [-0.2, -0.15) is 0 Å². The number of Topliss-reactive ketones (excluding diaryl/α,β-unsaturated/α-hetero) is 1. The van der Waals surface area contributed by atoms with Crippen molar-refractivity contribution in [1.82, 2.24) is 4.98 Å². The molecule has 3 nitrogen and oxygen atoms in total. The third-order valence-electron chi connectivity index (χ3n) is 2.18.